The van der Waals surface area contributed by atoms with Crippen LogP contribution in [-0.4, -0.2) is 51.4 Å². The monoisotopic (exact) mass is 362 g/mol. The van der Waals surface area contributed by atoms with Gasteiger partial charge in [-0.2, -0.15) is 0 Å². The second kappa shape index (κ2) is 8.07. The van der Waals surface area contributed by atoms with Gasteiger partial charge in [0.25, 0.3) is 0 Å². The molecule has 7 nitrogen and oxygen atoms in total. The number of halogens is 1. The minimum absolute atomic E-state index is 0. The van der Waals surface area contributed by atoms with Gasteiger partial charge in [0.05, 0.1) is 11.4 Å². The molecule has 130 valence electrons. The lowest BCUT2D eigenvalue weighted by molar-refractivity contribution is -0.118. The van der Waals surface area contributed by atoms with Crippen LogP contribution in [0.3, 0.4) is 0 Å². The van der Waals surface area contributed by atoms with Crippen LogP contribution in [-0.2, 0) is 14.8 Å². The highest BCUT2D eigenvalue weighted by molar-refractivity contribution is 7.89. The van der Waals surface area contributed by atoms with Crippen molar-refractivity contribution in [3.63, 3.8) is 0 Å². The smallest absolute Gasteiger partial charge is 0.238 e. The van der Waals surface area contributed by atoms with Crippen molar-refractivity contribution in [1.82, 2.24) is 10.2 Å². The van der Waals surface area contributed by atoms with Gasteiger partial charge in [-0.15, -0.1) is 12.4 Å². The van der Waals surface area contributed by atoms with Gasteiger partial charge in [0.15, 0.2) is 0 Å². The Bertz CT molecular complexity index is 666. The molecule has 0 bridgehead atoms. The molecule has 1 aromatic carbocycles. The van der Waals surface area contributed by atoms with Crippen molar-refractivity contribution in [2.75, 3.05) is 31.5 Å². The number of sulfonamides is 1. The molecule has 4 N–H and O–H groups in total. The molecule has 0 radical (unpaired) electrons. The average molecular weight is 363 g/mol. The number of carbonyl (C=O) groups excluding carboxylic acids is 1. The molecule has 1 amide bonds. The maximum atomic E-state index is 12.2. The summed E-state index contributed by atoms with van der Waals surface area (Å²) < 4.78 is 22.8. The molecule has 23 heavy (non-hydrogen) atoms. The minimum atomic E-state index is -3.78. The molecule has 1 atom stereocenters. The fourth-order valence-corrected chi connectivity index (χ4v) is 2.94. The summed E-state index contributed by atoms with van der Waals surface area (Å²) in [6.07, 6.45) is 0. The third-order valence-electron chi connectivity index (χ3n) is 3.80. The zero-order valence-electron chi connectivity index (χ0n) is 13.2. The van der Waals surface area contributed by atoms with Crippen LogP contribution >= 0.6 is 12.4 Å². The van der Waals surface area contributed by atoms with E-state index in [1.807, 2.05) is 0 Å². The molecular weight excluding hydrogens is 340 g/mol. The number of carbonyl (C=O) groups is 1. The number of nitrogens with one attached hydrogen (secondary N) is 2. The van der Waals surface area contributed by atoms with Crippen molar-refractivity contribution in [3.8, 4) is 0 Å². The van der Waals surface area contributed by atoms with Gasteiger partial charge in [-0.3, -0.25) is 9.69 Å². The summed E-state index contributed by atoms with van der Waals surface area (Å²) in [4.78, 5) is 14.3. The van der Waals surface area contributed by atoms with Gasteiger partial charge in [-0.05, 0) is 31.5 Å². The SMILES string of the molecule is Cc1ccc(S(N)(=O)=O)cc1NC(=O)CN1CCNC[C@@H]1C.Cl. The van der Waals surface area contributed by atoms with E-state index >= 15 is 0 Å². The van der Waals surface area contributed by atoms with Crippen molar-refractivity contribution in [1.29, 1.82) is 0 Å². The summed E-state index contributed by atoms with van der Waals surface area (Å²) in [6, 6.07) is 4.74. The number of hydrogen-bond acceptors (Lipinski definition) is 5. The van der Waals surface area contributed by atoms with Crippen LogP contribution in [0.1, 0.15) is 12.5 Å². The third-order valence-corrected chi connectivity index (χ3v) is 4.71. The number of piperazine rings is 1. The fraction of sp³-hybridized carbons (Fsp3) is 0.500. The number of nitrogens with two attached hydrogens (primary N) is 1. The molecule has 0 spiro atoms. The van der Waals surface area contributed by atoms with Crippen LogP contribution in [0.25, 0.3) is 0 Å². The summed E-state index contributed by atoms with van der Waals surface area (Å²) in [5.74, 6) is -0.164. The van der Waals surface area contributed by atoms with Crippen LogP contribution < -0.4 is 15.8 Å². The standard InChI is InChI=1S/C14H22N4O3S.ClH/c1-10-3-4-12(22(15,20)21)7-13(10)17-14(19)9-18-6-5-16-8-11(18)2;/h3-4,7,11,16H,5-6,8-9H2,1-2H3,(H,17,19)(H2,15,20,21);1H/t11-;/m0./s1. The molecule has 0 aromatic heterocycles. The number of rotatable bonds is 4. The Morgan fingerprint density at radius 3 is 2.78 bits per heavy atom. The molecule has 1 heterocycles. The van der Waals surface area contributed by atoms with Crippen LogP contribution in [0.2, 0.25) is 0 Å². The number of nitrogens with zero attached hydrogens (tertiary/aromatic N) is 1. The number of hydrogen-bond donors (Lipinski definition) is 3. The molecule has 0 aliphatic carbocycles. The summed E-state index contributed by atoms with van der Waals surface area (Å²) in [5.41, 5.74) is 1.26. The molecule has 1 aromatic rings. The van der Waals surface area contributed by atoms with E-state index in [1.54, 1.807) is 13.0 Å². The molecule has 1 fully saturated rings. The molecule has 0 unspecified atom stereocenters. The quantitative estimate of drug-likeness (QED) is 0.714. The molecule has 2 rings (SSSR count). The first-order valence-electron chi connectivity index (χ1n) is 7.15. The predicted octanol–water partition coefficient (Wildman–Crippen LogP) is 0.296. The Morgan fingerprint density at radius 1 is 1.48 bits per heavy atom. The highest BCUT2D eigenvalue weighted by atomic mass is 35.5. The van der Waals surface area contributed by atoms with E-state index in [9.17, 15) is 13.2 Å². The maximum Gasteiger partial charge on any atom is 0.238 e. The van der Waals surface area contributed by atoms with Crippen LogP contribution in [0.15, 0.2) is 23.1 Å². The van der Waals surface area contributed by atoms with Gasteiger partial charge in [0.2, 0.25) is 15.9 Å². The Morgan fingerprint density at radius 2 is 2.17 bits per heavy atom. The van der Waals surface area contributed by atoms with Gasteiger partial charge in [0, 0.05) is 31.4 Å². The molecule has 0 saturated carbocycles. The summed E-state index contributed by atoms with van der Waals surface area (Å²) in [5, 5.41) is 11.2. The van der Waals surface area contributed by atoms with Gasteiger partial charge in [-0.25, -0.2) is 13.6 Å². The lowest BCUT2D eigenvalue weighted by atomic mass is 10.2. The Hall–Kier alpha value is -1.19. The first-order chi connectivity index (χ1) is 10.3. The Kier molecular flexibility index (Phi) is 6.97. The lowest BCUT2D eigenvalue weighted by Gasteiger charge is -2.33. The minimum Gasteiger partial charge on any atom is -0.325 e. The fourth-order valence-electron chi connectivity index (χ4n) is 2.40. The first kappa shape index (κ1) is 19.9. The van der Waals surface area contributed by atoms with Crippen molar-refractivity contribution in [3.05, 3.63) is 23.8 Å². The van der Waals surface area contributed by atoms with Gasteiger partial charge >= 0.3 is 0 Å². The Labute approximate surface area is 143 Å². The zero-order valence-corrected chi connectivity index (χ0v) is 14.8. The van der Waals surface area contributed by atoms with Crippen molar-refractivity contribution in [2.45, 2.75) is 24.8 Å². The Balaban J connectivity index is 0.00000264. The van der Waals surface area contributed by atoms with Crippen molar-refractivity contribution >= 4 is 34.0 Å². The second-order valence-corrected chi connectivity index (χ2v) is 7.15. The van der Waals surface area contributed by atoms with Crippen molar-refractivity contribution < 1.29 is 13.2 Å². The summed E-state index contributed by atoms with van der Waals surface area (Å²) in [7, 11) is -3.78. The third kappa shape index (κ3) is 5.43. The van der Waals surface area contributed by atoms with Crippen LogP contribution in [0, 0.1) is 6.92 Å². The lowest BCUT2D eigenvalue weighted by Crippen LogP contribution is -2.52. The predicted molar refractivity (Wildman–Crippen MR) is 92.3 cm³/mol. The van der Waals surface area contributed by atoms with E-state index in [1.165, 1.54) is 12.1 Å². The van der Waals surface area contributed by atoms with E-state index in [-0.39, 0.29) is 35.8 Å². The normalized spacial score (nSPS) is 19.0. The molecule has 1 aliphatic heterocycles. The van der Waals surface area contributed by atoms with Crippen LogP contribution in [0.5, 0.6) is 0 Å². The van der Waals surface area contributed by atoms with Crippen molar-refractivity contribution in [2.24, 2.45) is 5.14 Å². The van der Waals surface area contributed by atoms with E-state index in [2.05, 4.69) is 22.5 Å². The maximum absolute atomic E-state index is 12.2. The number of anilines is 1. The summed E-state index contributed by atoms with van der Waals surface area (Å²) in [6.45, 7) is 6.67. The van der Waals surface area contributed by atoms with E-state index < -0.39 is 10.0 Å². The topological polar surface area (TPSA) is 105 Å². The van der Waals surface area contributed by atoms with E-state index in [0.29, 0.717) is 5.69 Å². The van der Waals surface area contributed by atoms with Gasteiger partial charge < -0.3 is 10.6 Å². The zero-order chi connectivity index (χ0) is 16.3. The highest BCUT2D eigenvalue weighted by Gasteiger charge is 2.20. The number of amides is 1. The van der Waals surface area contributed by atoms with E-state index in [0.717, 1.165) is 25.2 Å². The van der Waals surface area contributed by atoms with E-state index in [4.69, 9.17) is 5.14 Å². The number of benzene rings is 1. The molecular formula is C14H23ClN4O3S. The van der Waals surface area contributed by atoms with Gasteiger partial charge in [0.1, 0.15) is 0 Å². The second-order valence-electron chi connectivity index (χ2n) is 5.59. The highest BCUT2D eigenvalue weighted by Crippen LogP contribution is 2.19. The molecule has 1 saturated heterocycles. The number of aryl methyl sites for hydroxylation is 1. The summed E-state index contributed by atoms with van der Waals surface area (Å²) >= 11 is 0. The van der Waals surface area contributed by atoms with Gasteiger partial charge in [-0.1, -0.05) is 6.07 Å². The largest absolute Gasteiger partial charge is 0.325 e. The number of primary sulfonamides is 1. The average Bonchev–Trinajstić information content (AvgIpc) is 2.42. The first-order valence-corrected chi connectivity index (χ1v) is 8.70. The van der Waals surface area contributed by atoms with Crippen LogP contribution in [0.4, 0.5) is 5.69 Å². The molecule has 9 heteroatoms. The molecule has 1 aliphatic rings.